The van der Waals surface area contributed by atoms with Crippen LogP contribution in [0.15, 0.2) is 53.0 Å². The summed E-state index contributed by atoms with van der Waals surface area (Å²) in [4.78, 5) is 27.5. The van der Waals surface area contributed by atoms with E-state index in [-0.39, 0.29) is 17.4 Å². The monoisotopic (exact) mass is 510 g/mol. The molecule has 2 rings (SSSR count). The number of hydrogen-bond acceptors (Lipinski definition) is 3. The molecule has 0 radical (unpaired) electrons. The Morgan fingerprint density at radius 1 is 1.07 bits per heavy atom. The lowest BCUT2D eigenvalue weighted by molar-refractivity contribution is -0.139. The average molecular weight is 512 g/mol. The lowest BCUT2D eigenvalue weighted by atomic mass is 10.1. The Hall–Kier alpha value is -1.50. The molecule has 0 aliphatic carbocycles. The third kappa shape index (κ3) is 8.32. The Morgan fingerprint density at radius 2 is 1.63 bits per heavy atom. The molecule has 30 heavy (non-hydrogen) atoms. The van der Waals surface area contributed by atoms with E-state index in [1.165, 1.54) is 11.8 Å². The first-order chi connectivity index (χ1) is 14.0. The molecule has 0 bridgehead atoms. The molecule has 0 spiro atoms. The molecule has 2 amide bonds. The molecule has 2 aromatic carbocycles. The minimum absolute atomic E-state index is 0.0616. The molecule has 0 aliphatic rings. The molecule has 1 N–H and O–H groups in total. The van der Waals surface area contributed by atoms with Crippen molar-refractivity contribution in [3.8, 4) is 0 Å². The number of hydrogen-bond donors (Lipinski definition) is 1. The van der Waals surface area contributed by atoms with E-state index in [4.69, 9.17) is 11.6 Å². The van der Waals surface area contributed by atoms with E-state index in [2.05, 4.69) is 21.2 Å². The van der Waals surface area contributed by atoms with Gasteiger partial charge in [-0.1, -0.05) is 51.8 Å². The summed E-state index contributed by atoms with van der Waals surface area (Å²) in [7, 11) is 0. The van der Waals surface area contributed by atoms with Gasteiger partial charge < -0.3 is 10.2 Å². The minimum Gasteiger partial charge on any atom is -0.350 e. The third-order valence-electron chi connectivity index (χ3n) is 4.34. The maximum atomic E-state index is 13.1. The number of nitrogens with zero attached hydrogens (tertiary/aromatic N) is 1. The van der Waals surface area contributed by atoms with Gasteiger partial charge in [-0.3, -0.25) is 9.59 Å². The standard InChI is InChI=1S/C23H28BrClN2O2S/c1-16(22(29)26-23(2,3)4)27(13-17-5-9-19(24)10-6-17)21(28)15-30-14-18-7-11-20(25)12-8-18/h5-12,16H,13-15H2,1-4H3,(H,26,29)/t16-/m0/s1. The molecule has 0 fully saturated rings. The van der Waals surface area contributed by atoms with E-state index < -0.39 is 6.04 Å². The van der Waals surface area contributed by atoms with Gasteiger partial charge >= 0.3 is 0 Å². The van der Waals surface area contributed by atoms with Crippen LogP contribution in [0.1, 0.15) is 38.8 Å². The highest BCUT2D eigenvalue weighted by atomic mass is 79.9. The van der Waals surface area contributed by atoms with Crippen molar-refractivity contribution in [2.75, 3.05) is 5.75 Å². The zero-order chi connectivity index (χ0) is 22.3. The molecular formula is C23H28BrClN2O2S. The van der Waals surface area contributed by atoms with Gasteiger partial charge in [-0.25, -0.2) is 0 Å². The van der Waals surface area contributed by atoms with Crippen molar-refractivity contribution in [1.29, 1.82) is 0 Å². The molecule has 0 heterocycles. The lowest BCUT2D eigenvalue weighted by Gasteiger charge is -2.31. The lowest BCUT2D eigenvalue weighted by Crippen LogP contribution is -2.52. The van der Waals surface area contributed by atoms with Crippen molar-refractivity contribution in [3.05, 3.63) is 69.2 Å². The number of rotatable bonds is 8. The maximum Gasteiger partial charge on any atom is 0.242 e. The zero-order valence-electron chi connectivity index (χ0n) is 17.7. The van der Waals surface area contributed by atoms with Gasteiger partial charge in [0.1, 0.15) is 6.04 Å². The fourth-order valence-corrected chi connectivity index (χ4v) is 4.02. The van der Waals surface area contributed by atoms with Crippen molar-refractivity contribution < 1.29 is 9.59 Å². The molecule has 0 saturated heterocycles. The first-order valence-electron chi connectivity index (χ1n) is 9.73. The summed E-state index contributed by atoms with van der Waals surface area (Å²) >= 11 is 10.9. The van der Waals surface area contributed by atoms with E-state index in [0.29, 0.717) is 23.1 Å². The zero-order valence-corrected chi connectivity index (χ0v) is 20.9. The van der Waals surface area contributed by atoms with E-state index >= 15 is 0 Å². The van der Waals surface area contributed by atoms with E-state index in [9.17, 15) is 9.59 Å². The van der Waals surface area contributed by atoms with Crippen LogP contribution in [-0.4, -0.2) is 34.0 Å². The topological polar surface area (TPSA) is 49.4 Å². The second-order valence-corrected chi connectivity index (χ2v) is 10.5. The Balaban J connectivity index is 2.08. The second kappa shape index (κ2) is 11.2. The van der Waals surface area contributed by atoms with Gasteiger partial charge in [0.2, 0.25) is 11.8 Å². The van der Waals surface area contributed by atoms with Crippen molar-refractivity contribution in [1.82, 2.24) is 10.2 Å². The van der Waals surface area contributed by atoms with Crippen LogP contribution >= 0.6 is 39.3 Å². The number of thioether (sulfide) groups is 1. The highest BCUT2D eigenvalue weighted by Gasteiger charge is 2.28. The summed E-state index contributed by atoms with van der Waals surface area (Å²) < 4.78 is 0.973. The normalized spacial score (nSPS) is 12.3. The average Bonchev–Trinajstić information content (AvgIpc) is 2.67. The third-order valence-corrected chi connectivity index (χ3v) is 6.11. The number of nitrogens with one attached hydrogen (secondary N) is 1. The number of carbonyl (C=O) groups excluding carboxylic acids is 2. The smallest absolute Gasteiger partial charge is 0.242 e. The molecule has 4 nitrogen and oxygen atoms in total. The molecule has 2 aromatic rings. The number of benzene rings is 2. The fourth-order valence-electron chi connectivity index (χ4n) is 2.76. The van der Waals surface area contributed by atoms with E-state index in [1.807, 2.05) is 69.3 Å². The van der Waals surface area contributed by atoms with Gasteiger partial charge in [0, 0.05) is 27.3 Å². The molecule has 1 atom stereocenters. The molecule has 0 aliphatic heterocycles. The number of halogens is 2. The SMILES string of the molecule is C[C@@H](C(=O)NC(C)(C)C)N(Cc1ccc(Br)cc1)C(=O)CSCc1ccc(Cl)cc1. The Bertz CT molecular complexity index is 851. The Morgan fingerprint density at radius 3 is 2.20 bits per heavy atom. The molecule has 162 valence electrons. The first kappa shape index (κ1) is 24.8. The number of carbonyl (C=O) groups is 2. The van der Waals surface area contributed by atoms with Crippen LogP contribution in [0.25, 0.3) is 0 Å². The maximum absolute atomic E-state index is 13.1. The fraction of sp³-hybridized carbons (Fsp3) is 0.391. The van der Waals surface area contributed by atoms with Gasteiger partial charge in [0.05, 0.1) is 5.75 Å². The van der Waals surface area contributed by atoms with Gasteiger partial charge in [0.25, 0.3) is 0 Å². The first-order valence-corrected chi connectivity index (χ1v) is 12.1. The minimum atomic E-state index is -0.573. The van der Waals surface area contributed by atoms with Crippen molar-refractivity contribution in [2.24, 2.45) is 0 Å². The summed E-state index contributed by atoms with van der Waals surface area (Å²) in [6.45, 7) is 7.95. The second-order valence-electron chi connectivity index (χ2n) is 8.18. The van der Waals surface area contributed by atoms with Crippen molar-refractivity contribution >= 4 is 51.1 Å². The Kier molecular flexibility index (Phi) is 9.26. The van der Waals surface area contributed by atoms with E-state index in [0.717, 1.165) is 15.6 Å². The quantitative estimate of drug-likeness (QED) is 0.497. The van der Waals surface area contributed by atoms with E-state index in [1.54, 1.807) is 11.8 Å². The van der Waals surface area contributed by atoms with Gasteiger partial charge in [-0.2, -0.15) is 0 Å². The highest BCUT2D eigenvalue weighted by molar-refractivity contribution is 9.10. The molecule has 0 saturated carbocycles. The molecule has 0 aromatic heterocycles. The Labute approximate surface area is 196 Å². The summed E-state index contributed by atoms with van der Waals surface area (Å²) in [6.07, 6.45) is 0. The van der Waals surface area contributed by atoms with Gasteiger partial charge in [0.15, 0.2) is 0 Å². The molecule has 7 heteroatoms. The van der Waals surface area contributed by atoms with Crippen LogP contribution in [0.5, 0.6) is 0 Å². The predicted octanol–water partition coefficient (Wildman–Crippen LogP) is 5.67. The van der Waals surface area contributed by atoms with Crippen LogP contribution in [0.4, 0.5) is 0 Å². The summed E-state index contributed by atoms with van der Waals surface area (Å²) in [6, 6.07) is 14.8. The van der Waals surface area contributed by atoms with Crippen LogP contribution in [0.2, 0.25) is 5.02 Å². The van der Waals surface area contributed by atoms with Crippen LogP contribution in [0, 0.1) is 0 Å². The highest BCUT2D eigenvalue weighted by Crippen LogP contribution is 2.19. The van der Waals surface area contributed by atoms with Gasteiger partial charge in [-0.15, -0.1) is 11.8 Å². The summed E-state index contributed by atoms with van der Waals surface area (Å²) in [5.41, 5.74) is 1.72. The molecular weight excluding hydrogens is 484 g/mol. The van der Waals surface area contributed by atoms with Gasteiger partial charge in [-0.05, 0) is 63.1 Å². The molecule has 0 unspecified atom stereocenters. The predicted molar refractivity (Wildman–Crippen MR) is 130 cm³/mol. The van der Waals surface area contributed by atoms with Crippen LogP contribution in [0.3, 0.4) is 0 Å². The largest absolute Gasteiger partial charge is 0.350 e. The summed E-state index contributed by atoms with van der Waals surface area (Å²) in [5, 5.41) is 3.67. The van der Waals surface area contributed by atoms with Crippen molar-refractivity contribution in [2.45, 2.75) is 51.6 Å². The summed E-state index contributed by atoms with van der Waals surface area (Å²) in [5.74, 6) is 0.785. The van der Waals surface area contributed by atoms with Crippen molar-refractivity contribution in [3.63, 3.8) is 0 Å². The number of amides is 2. The van der Waals surface area contributed by atoms with Crippen LogP contribution < -0.4 is 5.32 Å². The van der Waals surface area contributed by atoms with Crippen LogP contribution in [-0.2, 0) is 21.9 Å².